The Bertz CT molecular complexity index is 907. The Hall–Kier alpha value is -2.44. The predicted molar refractivity (Wildman–Crippen MR) is 109 cm³/mol. The molecule has 0 aliphatic carbocycles. The molecule has 0 bridgehead atoms. The molecule has 3 aromatic rings. The first kappa shape index (κ1) is 19.3. The fraction of sp³-hybridized carbons (Fsp3) is 0.238. The number of carbonyl (C=O) groups is 1. The molecule has 0 aliphatic rings. The van der Waals surface area contributed by atoms with E-state index in [2.05, 4.69) is 26.3 Å². The number of aromatic nitrogens is 2. The van der Waals surface area contributed by atoms with Crippen LogP contribution in [0.4, 0.5) is 0 Å². The molecule has 1 aromatic heterocycles. The zero-order valence-electron chi connectivity index (χ0n) is 15.3. The van der Waals surface area contributed by atoms with E-state index < -0.39 is 0 Å². The molecule has 2 aromatic carbocycles. The van der Waals surface area contributed by atoms with Crippen LogP contribution in [0.25, 0.3) is 5.69 Å². The summed E-state index contributed by atoms with van der Waals surface area (Å²) in [6.07, 6.45) is 1.58. The van der Waals surface area contributed by atoms with Crippen LogP contribution in [-0.2, 0) is 0 Å². The Morgan fingerprint density at radius 2 is 1.85 bits per heavy atom. The van der Waals surface area contributed by atoms with E-state index in [0.29, 0.717) is 5.56 Å². The van der Waals surface area contributed by atoms with Crippen LogP contribution in [0, 0.1) is 12.8 Å². The molecule has 3 rings (SSSR count). The van der Waals surface area contributed by atoms with E-state index >= 15 is 0 Å². The molecule has 140 valence electrons. The molecule has 2 atom stereocenters. The summed E-state index contributed by atoms with van der Waals surface area (Å²) in [4.78, 5) is 12.9. The summed E-state index contributed by atoms with van der Waals surface area (Å²) in [7, 11) is 0. The molecule has 6 heteroatoms. The lowest BCUT2D eigenvalue weighted by Crippen LogP contribution is -2.34. The van der Waals surface area contributed by atoms with Gasteiger partial charge in [-0.15, -0.1) is 0 Å². The normalized spacial score (nSPS) is 13.2. The average molecular weight is 428 g/mol. The summed E-state index contributed by atoms with van der Waals surface area (Å²) in [5.74, 6) is -0.331. The van der Waals surface area contributed by atoms with Crippen LogP contribution >= 0.6 is 15.9 Å². The topological polar surface area (TPSA) is 67.2 Å². The van der Waals surface area contributed by atoms with Crippen LogP contribution < -0.4 is 5.32 Å². The second-order valence-corrected chi connectivity index (χ2v) is 7.47. The maximum Gasteiger partial charge on any atom is 0.255 e. The summed E-state index contributed by atoms with van der Waals surface area (Å²) < 4.78 is 2.71. The van der Waals surface area contributed by atoms with E-state index in [1.165, 1.54) is 0 Å². The van der Waals surface area contributed by atoms with Crippen molar-refractivity contribution >= 4 is 21.8 Å². The van der Waals surface area contributed by atoms with Crippen molar-refractivity contribution in [3.8, 4) is 5.69 Å². The van der Waals surface area contributed by atoms with E-state index in [-0.39, 0.29) is 24.5 Å². The maximum atomic E-state index is 12.9. The number of aliphatic hydroxyl groups is 1. The SMILES string of the molecule is Cc1c(C(=O)N[C@@H](c2ccc(Br)cc2)[C@H](C)CO)cnn1-c1ccccc1. The largest absolute Gasteiger partial charge is 0.396 e. The third kappa shape index (κ3) is 4.28. The van der Waals surface area contributed by atoms with Gasteiger partial charge in [0.15, 0.2) is 0 Å². The quantitative estimate of drug-likeness (QED) is 0.623. The number of hydrogen-bond acceptors (Lipinski definition) is 3. The molecule has 1 amide bonds. The van der Waals surface area contributed by atoms with Gasteiger partial charge < -0.3 is 10.4 Å². The molecule has 0 unspecified atom stereocenters. The maximum absolute atomic E-state index is 12.9. The standard InChI is InChI=1S/C21H22BrN3O2/c1-14(13-26)20(16-8-10-17(22)11-9-16)24-21(27)19-12-23-25(15(19)2)18-6-4-3-5-7-18/h3-12,14,20,26H,13H2,1-2H3,(H,24,27)/t14-,20-/m1/s1. The minimum absolute atomic E-state index is 0.0245. The average Bonchev–Trinajstić information content (AvgIpc) is 3.08. The Morgan fingerprint density at radius 3 is 2.48 bits per heavy atom. The number of nitrogens with zero attached hydrogens (tertiary/aromatic N) is 2. The van der Waals surface area contributed by atoms with Gasteiger partial charge in [-0.1, -0.05) is 53.2 Å². The van der Waals surface area contributed by atoms with Crippen molar-refractivity contribution < 1.29 is 9.90 Å². The van der Waals surface area contributed by atoms with Gasteiger partial charge in [-0.25, -0.2) is 4.68 Å². The van der Waals surface area contributed by atoms with E-state index in [1.807, 2.05) is 68.4 Å². The lowest BCUT2D eigenvalue weighted by molar-refractivity contribution is 0.0908. The third-order valence-corrected chi connectivity index (χ3v) is 5.16. The molecule has 0 radical (unpaired) electrons. The number of para-hydroxylation sites is 1. The summed E-state index contributed by atoms with van der Waals surface area (Å²) in [5, 5.41) is 17.1. The highest BCUT2D eigenvalue weighted by atomic mass is 79.9. The monoisotopic (exact) mass is 427 g/mol. The highest BCUT2D eigenvalue weighted by molar-refractivity contribution is 9.10. The summed E-state index contributed by atoms with van der Waals surface area (Å²) in [6.45, 7) is 3.76. The van der Waals surface area contributed by atoms with E-state index in [1.54, 1.807) is 10.9 Å². The highest BCUT2D eigenvalue weighted by Gasteiger charge is 2.24. The first-order chi connectivity index (χ1) is 13.0. The first-order valence-corrected chi connectivity index (χ1v) is 9.57. The Labute approximate surface area is 167 Å². The van der Waals surface area contributed by atoms with Crippen molar-refractivity contribution in [1.29, 1.82) is 0 Å². The molecule has 5 nitrogen and oxygen atoms in total. The van der Waals surface area contributed by atoms with E-state index in [0.717, 1.165) is 21.4 Å². The molecule has 0 aliphatic heterocycles. The van der Waals surface area contributed by atoms with Gasteiger partial charge in [-0.3, -0.25) is 4.79 Å². The summed E-state index contributed by atoms with van der Waals surface area (Å²) in [5.41, 5.74) is 3.14. The van der Waals surface area contributed by atoms with Gasteiger partial charge in [-0.05, 0) is 36.8 Å². The van der Waals surface area contributed by atoms with Crippen LogP contribution in [0.2, 0.25) is 0 Å². The molecule has 1 heterocycles. The molecule has 2 N–H and O–H groups in total. The van der Waals surface area contributed by atoms with Gasteiger partial charge >= 0.3 is 0 Å². The minimum Gasteiger partial charge on any atom is -0.396 e. The summed E-state index contributed by atoms with van der Waals surface area (Å²) in [6, 6.07) is 17.1. The number of benzene rings is 2. The number of rotatable bonds is 6. The molecule has 0 saturated carbocycles. The van der Waals surface area contributed by atoms with Crippen LogP contribution in [0.15, 0.2) is 65.3 Å². The predicted octanol–water partition coefficient (Wildman–Crippen LogP) is 4.04. The van der Waals surface area contributed by atoms with Crippen molar-refractivity contribution in [2.24, 2.45) is 5.92 Å². The molecule has 0 fully saturated rings. The number of hydrogen-bond donors (Lipinski definition) is 2. The van der Waals surface area contributed by atoms with Crippen LogP contribution in [0.1, 0.15) is 34.6 Å². The zero-order chi connectivity index (χ0) is 19.4. The van der Waals surface area contributed by atoms with Crippen LogP contribution in [0.3, 0.4) is 0 Å². The minimum atomic E-state index is -0.296. The Balaban J connectivity index is 1.86. The molecular formula is C21H22BrN3O2. The van der Waals surface area contributed by atoms with Crippen LogP contribution in [-0.4, -0.2) is 27.4 Å². The van der Waals surface area contributed by atoms with Gasteiger partial charge in [-0.2, -0.15) is 5.10 Å². The van der Waals surface area contributed by atoms with Gasteiger partial charge in [0.05, 0.1) is 29.2 Å². The van der Waals surface area contributed by atoms with Gasteiger partial charge in [0.2, 0.25) is 0 Å². The third-order valence-electron chi connectivity index (χ3n) is 4.63. The molecular weight excluding hydrogens is 406 g/mol. The Morgan fingerprint density at radius 1 is 1.19 bits per heavy atom. The second-order valence-electron chi connectivity index (χ2n) is 6.55. The van der Waals surface area contributed by atoms with Gasteiger partial charge in [0.1, 0.15) is 0 Å². The molecule has 0 saturated heterocycles. The second kappa shape index (κ2) is 8.50. The highest BCUT2D eigenvalue weighted by Crippen LogP contribution is 2.24. The van der Waals surface area contributed by atoms with E-state index in [4.69, 9.17) is 0 Å². The fourth-order valence-electron chi connectivity index (χ4n) is 3.01. The number of aliphatic hydroxyl groups excluding tert-OH is 1. The zero-order valence-corrected chi connectivity index (χ0v) is 16.8. The van der Waals surface area contributed by atoms with Crippen LogP contribution in [0.5, 0.6) is 0 Å². The summed E-state index contributed by atoms with van der Waals surface area (Å²) >= 11 is 3.42. The first-order valence-electron chi connectivity index (χ1n) is 8.78. The van der Waals surface area contributed by atoms with Gasteiger partial charge in [0.25, 0.3) is 5.91 Å². The number of nitrogens with one attached hydrogen (secondary N) is 1. The fourth-order valence-corrected chi connectivity index (χ4v) is 3.27. The smallest absolute Gasteiger partial charge is 0.255 e. The lowest BCUT2D eigenvalue weighted by atomic mass is 9.94. The van der Waals surface area contributed by atoms with Crippen molar-refractivity contribution in [3.05, 3.63) is 82.1 Å². The molecule has 0 spiro atoms. The number of halogens is 1. The van der Waals surface area contributed by atoms with E-state index in [9.17, 15) is 9.90 Å². The van der Waals surface area contributed by atoms with Crippen molar-refractivity contribution in [1.82, 2.24) is 15.1 Å². The van der Waals surface area contributed by atoms with Crippen molar-refractivity contribution in [2.75, 3.05) is 6.61 Å². The lowest BCUT2D eigenvalue weighted by Gasteiger charge is -2.24. The molecule has 27 heavy (non-hydrogen) atoms. The van der Waals surface area contributed by atoms with Gasteiger partial charge in [0, 0.05) is 17.0 Å². The number of carbonyl (C=O) groups excluding carboxylic acids is 1. The number of amides is 1. The van der Waals surface area contributed by atoms with Crippen molar-refractivity contribution in [3.63, 3.8) is 0 Å². The van der Waals surface area contributed by atoms with Crippen molar-refractivity contribution in [2.45, 2.75) is 19.9 Å². The Kier molecular flexibility index (Phi) is 6.08.